The van der Waals surface area contributed by atoms with Gasteiger partial charge < -0.3 is 9.64 Å². The molecule has 0 aliphatic heterocycles. The van der Waals surface area contributed by atoms with Crippen LogP contribution in [0.5, 0.6) is 0 Å². The Morgan fingerprint density at radius 3 is 2.38 bits per heavy atom. The first-order valence-corrected chi connectivity index (χ1v) is 9.14. The number of aryl methyl sites for hydroxylation is 1. The number of esters is 1. The molecule has 0 saturated carbocycles. The third-order valence-corrected chi connectivity index (χ3v) is 4.00. The van der Waals surface area contributed by atoms with Crippen molar-refractivity contribution in [3.8, 4) is 0 Å². The molecule has 4 nitrogen and oxygen atoms in total. The van der Waals surface area contributed by atoms with Crippen molar-refractivity contribution in [1.82, 2.24) is 4.90 Å². The van der Waals surface area contributed by atoms with Gasteiger partial charge in [0.15, 0.2) is 0 Å². The van der Waals surface area contributed by atoms with Gasteiger partial charge in [0, 0.05) is 19.5 Å². The summed E-state index contributed by atoms with van der Waals surface area (Å²) in [5, 5.41) is 0. The Kier molecular flexibility index (Phi) is 10.6. The Hall–Kier alpha value is -1.84. The summed E-state index contributed by atoms with van der Waals surface area (Å²) in [6, 6.07) is 10.0. The van der Waals surface area contributed by atoms with Crippen LogP contribution in [0.2, 0.25) is 0 Å². The molecule has 1 aromatic rings. The fourth-order valence-corrected chi connectivity index (χ4v) is 2.60. The van der Waals surface area contributed by atoms with Gasteiger partial charge in [-0.05, 0) is 25.3 Å². The number of hydrogen-bond donors (Lipinski definition) is 0. The first-order valence-electron chi connectivity index (χ1n) is 9.14. The highest BCUT2D eigenvalue weighted by Gasteiger charge is 2.15. The number of hydrogen-bond acceptors (Lipinski definition) is 3. The summed E-state index contributed by atoms with van der Waals surface area (Å²) < 4.78 is 4.97. The van der Waals surface area contributed by atoms with Crippen molar-refractivity contribution in [2.75, 3.05) is 19.7 Å². The van der Waals surface area contributed by atoms with Crippen LogP contribution in [-0.4, -0.2) is 36.5 Å². The molecule has 0 bridgehead atoms. The van der Waals surface area contributed by atoms with Gasteiger partial charge in [0.05, 0.1) is 13.0 Å². The normalized spacial score (nSPS) is 10.4. The number of carbonyl (C=O) groups excluding carboxylic acids is 2. The van der Waals surface area contributed by atoms with Crippen LogP contribution in [0.4, 0.5) is 0 Å². The van der Waals surface area contributed by atoms with E-state index in [-0.39, 0.29) is 18.3 Å². The van der Waals surface area contributed by atoms with Crippen molar-refractivity contribution in [1.29, 1.82) is 0 Å². The highest BCUT2D eigenvalue weighted by Crippen LogP contribution is 2.08. The molecule has 0 aromatic heterocycles. The van der Waals surface area contributed by atoms with Gasteiger partial charge in [-0.15, -0.1) is 0 Å². The molecule has 0 fully saturated rings. The summed E-state index contributed by atoms with van der Waals surface area (Å²) in [5.74, 6) is -0.105. The van der Waals surface area contributed by atoms with Crippen molar-refractivity contribution in [2.45, 2.75) is 58.8 Å². The molecule has 0 N–H and O–H groups in total. The van der Waals surface area contributed by atoms with Gasteiger partial charge in [-0.2, -0.15) is 0 Å². The minimum Gasteiger partial charge on any atom is -0.466 e. The lowest BCUT2D eigenvalue weighted by Crippen LogP contribution is -2.34. The Labute approximate surface area is 146 Å². The second kappa shape index (κ2) is 12.6. The molecular formula is C20H31NO3. The zero-order valence-corrected chi connectivity index (χ0v) is 15.1. The van der Waals surface area contributed by atoms with Gasteiger partial charge >= 0.3 is 5.97 Å². The molecule has 1 aromatic carbocycles. The van der Waals surface area contributed by atoms with Gasteiger partial charge in [0.25, 0.3) is 0 Å². The molecule has 0 atom stereocenters. The SMILES string of the molecule is CCCCCCN(CCC(=O)OCC)C(=O)CCc1ccccc1. The lowest BCUT2D eigenvalue weighted by atomic mass is 10.1. The smallest absolute Gasteiger partial charge is 0.307 e. The van der Waals surface area contributed by atoms with Crippen molar-refractivity contribution >= 4 is 11.9 Å². The summed E-state index contributed by atoms with van der Waals surface area (Å²) in [7, 11) is 0. The van der Waals surface area contributed by atoms with Crippen LogP contribution in [0.25, 0.3) is 0 Å². The van der Waals surface area contributed by atoms with Gasteiger partial charge in [0.2, 0.25) is 5.91 Å². The minimum absolute atomic E-state index is 0.125. The molecule has 4 heteroatoms. The molecule has 0 heterocycles. The molecule has 1 rings (SSSR count). The fraction of sp³-hybridized carbons (Fsp3) is 0.600. The topological polar surface area (TPSA) is 46.6 Å². The van der Waals surface area contributed by atoms with Crippen molar-refractivity contribution in [3.63, 3.8) is 0 Å². The number of unbranched alkanes of at least 4 members (excludes halogenated alkanes) is 3. The van der Waals surface area contributed by atoms with Crippen LogP contribution >= 0.6 is 0 Å². The molecule has 0 aliphatic rings. The van der Waals surface area contributed by atoms with E-state index in [0.717, 1.165) is 25.8 Å². The maximum atomic E-state index is 12.5. The Balaban J connectivity index is 2.47. The fourth-order valence-electron chi connectivity index (χ4n) is 2.60. The molecule has 134 valence electrons. The Bertz CT molecular complexity index is 473. The van der Waals surface area contributed by atoms with Crippen molar-refractivity contribution in [2.24, 2.45) is 0 Å². The molecule has 0 saturated heterocycles. The van der Waals surface area contributed by atoms with Crippen LogP contribution in [0.1, 0.15) is 57.9 Å². The quantitative estimate of drug-likeness (QED) is 0.429. The second-order valence-corrected chi connectivity index (χ2v) is 5.98. The molecule has 24 heavy (non-hydrogen) atoms. The van der Waals surface area contributed by atoms with Crippen LogP contribution in [0.3, 0.4) is 0 Å². The summed E-state index contributed by atoms with van der Waals surface area (Å²) in [6.45, 7) is 5.54. The van der Waals surface area contributed by atoms with Crippen LogP contribution in [0.15, 0.2) is 30.3 Å². The number of benzene rings is 1. The standard InChI is InChI=1S/C20H31NO3/c1-3-5-6-10-16-21(17-15-20(23)24-4-2)19(22)14-13-18-11-8-7-9-12-18/h7-9,11-12H,3-6,10,13-17H2,1-2H3. The van der Waals surface area contributed by atoms with Gasteiger partial charge in [-0.25, -0.2) is 0 Å². The number of rotatable bonds is 12. The van der Waals surface area contributed by atoms with E-state index >= 15 is 0 Å². The lowest BCUT2D eigenvalue weighted by molar-refractivity contribution is -0.144. The first-order chi connectivity index (χ1) is 11.7. The Morgan fingerprint density at radius 2 is 1.71 bits per heavy atom. The van der Waals surface area contributed by atoms with E-state index in [2.05, 4.69) is 6.92 Å². The van der Waals surface area contributed by atoms with Crippen LogP contribution in [0, 0.1) is 0 Å². The second-order valence-electron chi connectivity index (χ2n) is 5.98. The zero-order valence-electron chi connectivity index (χ0n) is 15.1. The average molecular weight is 333 g/mol. The number of carbonyl (C=O) groups is 2. The number of ether oxygens (including phenoxy) is 1. The summed E-state index contributed by atoms with van der Waals surface area (Å²) in [5.41, 5.74) is 1.17. The largest absolute Gasteiger partial charge is 0.466 e. The highest BCUT2D eigenvalue weighted by molar-refractivity contribution is 5.77. The summed E-state index contributed by atoms with van der Waals surface area (Å²) in [4.78, 5) is 25.9. The van der Waals surface area contributed by atoms with E-state index in [4.69, 9.17) is 4.74 Å². The molecular weight excluding hydrogens is 302 g/mol. The monoisotopic (exact) mass is 333 g/mol. The van der Waals surface area contributed by atoms with Gasteiger partial charge in [0.1, 0.15) is 0 Å². The van der Waals surface area contributed by atoms with E-state index in [1.54, 1.807) is 6.92 Å². The van der Waals surface area contributed by atoms with E-state index in [0.29, 0.717) is 19.6 Å². The predicted octanol–water partition coefficient (Wildman–Crippen LogP) is 3.98. The number of amides is 1. The summed E-state index contributed by atoms with van der Waals surface area (Å²) in [6.07, 6.45) is 5.98. The third-order valence-electron chi connectivity index (χ3n) is 4.00. The van der Waals surface area contributed by atoms with E-state index < -0.39 is 0 Å². The first kappa shape index (κ1) is 20.2. The molecule has 0 aliphatic carbocycles. The van der Waals surface area contributed by atoms with Crippen LogP contribution < -0.4 is 0 Å². The van der Waals surface area contributed by atoms with E-state index in [1.807, 2.05) is 35.2 Å². The van der Waals surface area contributed by atoms with E-state index in [1.165, 1.54) is 18.4 Å². The maximum absolute atomic E-state index is 12.5. The lowest BCUT2D eigenvalue weighted by Gasteiger charge is -2.22. The average Bonchev–Trinajstić information content (AvgIpc) is 2.60. The van der Waals surface area contributed by atoms with Gasteiger partial charge in [-0.3, -0.25) is 9.59 Å². The molecule has 0 unspecified atom stereocenters. The predicted molar refractivity (Wildman–Crippen MR) is 96.7 cm³/mol. The molecule has 1 amide bonds. The minimum atomic E-state index is -0.230. The van der Waals surface area contributed by atoms with Crippen molar-refractivity contribution in [3.05, 3.63) is 35.9 Å². The maximum Gasteiger partial charge on any atom is 0.307 e. The third kappa shape index (κ3) is 8.70. The van der Waals surface area contributed by atoms with Crippen LogP contribution in [-0.2, 0) is 20.7 Å². The number of nitrogens with zero attached hydrogens (tertiary/aromatic N) is 1. The van der Waals surface area contributed by atoms with E-state index in [9.17, 15) is 9.59 Å². The summed E-state index contributed by atoms with van der Waals surface area (Å²) >= 11 is 0. The van der Waals surface area contributed by atoms with Gasteiger partial charge in [-0.1, -0.05) is 56.5 Å². The zero-order chi connectivity index (χ0) is 17.6. The van der Waals surface area contributed by atoms with Crippen molar-refractivity contribution < 1.29 is 14.3 Å². The Morgan fingerprint density at radius 1 is 0.958 bits per heavy atom. The highest BCUT2D eigenvalue weighted by atomic mass is 16.5. The molecule has 0 radical (unpaired) electrons. The molecule has 0 spiro atoms.